The van der Waals surface area contributed by atoms with Gasteiger partial charge in [-0.15, -0.1) is 0 Å². The van der Waals surface area contributed by atoms with Crippen LogP contribution in [0.4, 0.5) is 0 Å². The molecule has 218 valence electrons. The Hall–Kier alpha value is -2.67. The summed E-state index contributed by atoms with van der Waals surface area (Å²) in [6.45, 7) is 5.03. The van der Waals surface area contributed by atoms with Crippen LogP contribution in [0.5, 0.6) is 11.5 Å². The van der Waals surface area contributed by atoms with Crippen LogP contribution < -0.4 is 14.8 Å². The zero-order valence-corrected chi connectivity index (χ0v) is 25.0. The van der Waals surface area contributed by atoms with Crippen LogP contribution >= 0.6 is 0 Å². The number of amides is 1. The van der Waals surface area contributed by atoms with Crippen molar-refractivity contribution in [1.29, 1.82) is 0 Å². The molecule has 1 amide bonds. The molecule has 2 aromatic carbocycles. The number of sulfone groups is 1. The predicted molar refractivity (Wildman–Crippen MR) is 150 cm³/mol. The Morgan fingerprint density at radius 2 is 1.56 bits per heavy atom. The minimum Gasteiger partial charge on any atom is -0.493 e. The quantitative estimate of drug-likeness (QED) is 0.325. The van der Waals surface area contributed by atoms with Gasteiger partial charge in [-0.3, -0.25) is 4.79 Å². The van der Waals surface area contributed by atoms with Gasteiger partial charge >= 0.3 is 0 Å². The second kappa shape index (κ2) is 14.1. The monoisotopic (exact) mass is 584 g/mol. The van der Waals surface area contributed by atoms with Crippen molar-refractivity contribution in [2.75, 3.05) is 39.3 Å². The predicted octanol–water partition coefficient (Wildman–Crippen LogP) is 2.12. The zero-order chi connectivity index (χ0) is 29.4. The van der Waals surface area contributed by atoms with Crippen molar-refractivity contribution < 1.29 is 36.2 Å². The highest BCUT2D eigenvalue weighted by Crippen LogP contribution is 2.31. The van der Waals surface area contributed by atoms with Crippen LogP contribution in [-0.2, 0) is 31.1 Å². The molecule has 0 radical (unpaired) electrons. The number of rotatable bonds is 15. The summed E-state index contributed by atoms with van der Waals surface area (Å²) in [6, 6.07) is 12.5. The lowest BCUT2D eigenvalue weighted by Gasteiger charge is -2.31. The van der Waals surface area contributed by atoms with E-state index in [-0.39, 0.29) is 41.8 Å². The molecule has 0 aliphatic carbocycles. The van der Waals surface area contributed by atoms with Gasteiger partial charge in [-0.2, -0.15) is 4.31 Å². The summed E-state index contributed by atoms with van der Waals surface area (Å²) in [5.74, 6) is -1.19. The average molecular weight is 585 g/mol. The highest BCUT2D eigenvalue weighted by Gasteiger charge is 2.32. The average Bonchev–Trinajstić information content (AvgIpc) is 2.86. The Kier molecular flexibility index (Phi) is 11.8. The van der Waals surface area contributed by atoms with Gasteiger partial charge in [-0.1, -0.05) is 51.1 Å². The van der Waals surface area contributed by atoms with Crippen molar-refractivity contribution in [2.45, 2.75) is 44.2 Å². The number of carbonyl (C=O) groups excluding carboxylic acids is 1. The Morgan fingerprint density at radius 3 is 2.10 bits per heavy atom. The van der Waals surface area contributed by atoms with E-state index in [9.17, 15) is 26.7 Å². The first-order valence-electron chi connectivity index (χ1n) is 12.6. The SMILES string of the molecule is COc1ccc(S(=O)(=O)N(CC(C)C)CC(O)C(Cc2ccccc2)NC(=O)C(C)CS(C)(=O)=O)cc1OC. The molecule has 0 fully saturated rings. The van der Waals surface area contributed by atoms with Gasteiger partial charge in [0.15, 0.2) is 11.5 Å². The first-order valence-corrected chi connectivity index (χ1v) is 16.1. The fourth-order valence-corrected chi connectivity index (χ4v) is 6.84. The molecule has 2 rings (SSSR count). The number of carbonyl (C=O) groups is 1. The fraction of sp³-hybridized carbons (Fsp3) is 0.519. The number of methoxy groups -OCH3 is 2. The van der Waals surface area contributed by atoms with Gasteiger partial charge in [0.25, 0.3) is 0 Å². The molecule has 0 saturated heterocycles. The molecule has 0 heterocycles. The molecular formula is C27H40N2O8S2. The molecule has 39 heavy (non-hydrogen) atoms. The number of hydrogen-bond acceptors (Lipinski definition) is 8. The van der Waals surface area contributed by atoms with Crippen molar-refractivity contribution >= 4 is 25.8 Å². The second-order valence-electron chi connectivity index (χ2n) is 10.1. The Balaban J connectivity index is 2.39. The standard InChI is InChI=1S/C27H40N2O8S2/c1-19(2)16-29(39(34,35)22-12-13-25(36-4)26(15-22)37-5)17-24(30)23(14-21-10-8-7-9-11-21)28-27(31)20(3)18-38(6,32)33/h7-13,15,19-20,23-24,30H,14,16-18H2,1-6H3,(H,28,31). The van der Waals surface area contributed by atoms with Crippen LogP contribution in [0.1, 0.15) is 26.3 Å². The van der Waals surface area contributed by atoms with Crippen molar-refractivity contribution in [3.8, 4) is 11.5 Å². The summed E-state index contributed by atoms with van der Waals surface area (Å²) < 4.78 is 62.5. The second-order valence-corrected chi connectivity index (χ2v) is 14.2. The number of aliphatic hydroxyl groups is 1. The van der Waals surface area contributed by atoms with Crippen LogP contribution in [0.3, 0.4) is 0 Å². The maximum atomic E-state index is 13.7. The Morgan fingerprint density at radius 1 is 0.949 bits per heavy atom. The topological polar surface area (TPSA) is 139 Å². The van der Waals surface area contributed by atoms with Crippen LogP contribution in [-0.4, -0.2) is 83.6 Å². The van der Waals surface area contributed by atoms with Gasteiger partial charge in [0.1, 0.15) is 9.84 Å². The molecule has 3 unspecified atom stereocenters. The Labute approximate surface area is 232 Å². The highest BCUT2D eigenvalue weighted by atomic mass is 32.2. The lowest BCUT2D eigenvalue weighted by atomic mass is 10.00. The van der Waals surface area contributed by atoms with Crippen molar-refractivity contribution in [3.63, 3.8) is 0 Å². The van der Waals surface area contributed by atoms with Crippen LogP contribution in [0.25, 0.3) is 0 Å². The maximum absolute atomic E-state index is 13.7. The van der Waals surface area contributed by atoms with Gasteiger partial charge < -0.3 is 19.9 Å². The van der Waals surface area contributed by atoms with Crippen LogP contribution in [0.2, 0.25) is 0 Å². The third kappa shape index (κ3) is 9.79. The molecule has 10 nitrogen and oxygen atoms in total. The van der Waals surface area contributed by atoms with Gasteiger partial charge in [-0.05, 0) is 30.0 Å². The molecule has 2 N–H and O–H groups in total. The number of nitrogens with one attached hydrogen (secondary N) is 1. The van der Waals surface area contributed by atoms with Crippen molar-refractivity contribution in [3.05, 3.63) is 54.1 Å². The molecule has 0 bridgehead atoms. The molecule has 12 heteroatoms. The minimum absolute atomic E-state index is 0.0292. The van der Waals surface area contributed by atoms with Gasteiger partial charge in [0.05, 0.1) is 37.0 Å². The molecule has 2 aromatic rings. The van der Waals surface area contributed by atoms with Gasteiger partial charge in [0.2, 0.25) is 15.9 Å². The smallest absolute Gasteiger partial charge is 0.243 e. The van der Waals surface area contributed by atoms with Gasteiger partial charge in [0, 0.05) is 31.3 Å². The number of sulfonamides is 1. The van der Waals surface area contributed by atoms with Crippen molar-refractivity contribution in [2.24, 2.45) is 11.8 Å². The number of nitrogens with zero attached hydrogens (tertiary/aromatic N) is 1. The Bertz CT molecular complexity index is 1300. The fourth-order valence-electron chi connectivity index (χ4n) is 4.15. The first-order chi connectivity index (χ1) is 18.2. The largest absolute Gasteiger partial charge is 0.493 e. The molecule has 0 aliphatic rings. The van der Waals surface area contributed by atoms with E-state index in [1.54, 1.807) is 0 Å². The van der Waals surface area contributed by atoms with Crippen LogP contribution in [0.15, 0.2) is 53.4 Å². The maximum Gasteiger partial charge on any atom is 0.243 e. The minimum atomic E-state index is -4.08. The van der Waals surface area contributed by atoms with Gasteiger partial charge in [-0.25, -0.2) is 16.8 Å². The van der Waals surface area contributed by atoms with E-state index in [0.29, 0.717) is 5.75 Å². The molecule has 0 aliphatic heterocycles. The van der Waals surface area contributed by atoms with E-state index in [1.807, 2.05) is 44.2 Å². The third-order valence-corrected chi connectivity index (χ3v) is 8.98. The number of benzene rings is 2. The lowest BCUT2D eigenvalue weighted by molar-refractivity contribution is -0.125. The third-order valence-electron chi connectivity index (χ3n) is 6.04. The number of hydrogen-bond donors (Lipinski definition) is 2. The summed E-state index contributed by atoms with van der Waals surface area (Å²) >= 11 is 0. The van der Waals surface area contributed by atoms with E-state index in [4.69, 9.17) is 9.47 Å². The zero-order valence-electron chi connectivity index (χ0n) is 23.3. The van der Waals surface area contributed by atoms with Crippen LogP contribution in [0, 0.1) is 11.8 Å². The molecule has 3 atom stereocenters. The number of aliphatic hydroxyl groups excluding tert-OH is 1. The van der Waals surface area contributed by atoms with E-state index in [2.05, 4.69) is 5.32 Å². The molecule has 0 aromatic heterocycles. The molecule has 0 saturated carbocycles. The molecule has 0 spiro atoms. The lowest BCUT2D eigenvalue weighted by Crippen LogP contribution is -2.52. The summed E-state index contributed by atoms with van der Waals surface area (Å²) in [5.41, 5.74) is 0.816. The first kappa shape index (κ1) is 32.5. The van der Waals surface area contributed by atoms with E-state index in [1.165, 1.54) is 43.6 Å². The number of ether oxygens (including phenoxy) is 2. The summed E-state index contributed by atoms with van der Waals surface area (Å²) in [6.07, 6.45) is -0.0329. The summed E-state index contributed by atoms with van der Waals surface area (Å²) in [5, 5.41) is 14.1. The van der Waals surface area contributed by atoms with E-state index in [0.717, 1.165) is 11.8 Å². The van der Waals surface area contributed by atoms with Crippen molar-refractivity contribution in [1.82, 2.24) is 9.62 Å². The normalized spacial score (nSPS) is 14.6. The van der Waals surface area contributed by atoms with E-state index < -0.39 is 43.8 Å². The summed E-state index contributed by atoms with van der Waals surface area (Å²) in [4.78, 5) is 12.9. The summed E-state index contributed by atoms with van der Waals surface area (Å²) in [7, 11) is -4.63. The highest BCUT2D eigenvalue weighted by molar-refractivity contribution is 7.90. The van der Waals surface area contributed by atoms with E-state index >= 15 is 0 Å². The molecular weight excluding hydrogens is 544 g/mol.